The molecule has 0 aliphatic heterocycles. The van der Waals surface area contributed by atoms with Gasteiger partial charge < -0.3 is 19.8 Å². The minimum atomic E-state index is -5.06. The van der Waals surface area contributed by atoms with Crippen LogP contribution < -0.4 is 4.52 Å². The van der Waals surface area contributed by atoms with Crippen molar-refractivity contribution in [2.24, 2.45) is 0 Å². The summed E-state index contributed by atoms with van der Waals surface area (Å²) >= 11 is 0. The molecule has 0 aliphatic rings. The Morgan fingerprint density at radius 1 is 1.00 bits per heavy atom. The van der Waals surface area contributed by atoms with Gasteiger partial charge >= 0.3 is 15.6 Å². The second-order valence-corrected chi connectivity index (χ2v) is 5.20. The summed E-state index contributed by atoms with van der Waals surface area (Å²) in [5, 5.41) is 0. The van der Waals surface area contributed by atoms with Gasteiger partial charge in [-0.25, -0.2) is 9.13 Å². The van der Waals surface area contributed by atoms with Gasteiger partial charge in [-0.1, -0.05) is 18.2 Å². The number of phosphoric acid groups is 2. The van der Waals surface area contributed by atoms with Gasteiger partial charge in [0.25, 0.3) is 0 Å². The normalized spacial score (nSPS) is 14.7. The lowest BCUT2D eigenvalue weighted by atomic mass is 10.3. The maximum atomic E-state index is 11.0. The van der Waals surface area contributed by atoms with E-state index in [-0.39, 0.29) is 11.2 Å². The van der Waals surface area contributed by atoms with Crippen molar-refractivity contribution in [2.45, 2.75) is 0 Å². The third-order valence-electron chi connectivity index (χ3n) is 1.17. The van der Waals surface area contributed by atoms with E-state index in [1.165, 1.54) is 24.3 Å². The maximum absolute atomic E-state index is 11.0. The Kier molecular flexibility index (Phi) is 5.31. The van der Waals surface area contributed by atoms with Gasteiger partial charge in [-0.2, -0.15) is 4.31 Å². The standard InChI is InChI=1S/C6H8O7P2.H2O/c7-14(8,9)13-15(10,11)12-6-4-2-1-3-5-6;/h1-5H,(H,10,11)(H2,7,8,9);1H2. The SMILES string of the molecule is O.O=P(O)(O)OP(=O)(O)Oc1ccccc1. The highest BCUT2D eigenvalue weighted by atomic mass is 31.3. The predicted octanol–water partition coefficient (Wildman–Crippen LogP) is 0.450. The van der Waals surface area contributed by atoms with Crippen LogP contribution in [0.1, 0.15) is 0 Å². The molecule has 0 aliphatic carbocycles. The molecule has 1 atom stereocenters. The van der Waals surface area contributed by atoms with Crippen LogP contribution in [0.5, 0.6) is 5.75 Å². The maximum Gasteiger partial charge on any atom is 0.536 e. The molecule has 0 saturated carbocycles. The van der Waals surface area contributed by atoms with Crippen LogP contribution in [0, 0.1) is 0 Å². The highest BCUT2D eigenvalue weighted by Gasteiger charge is 2.33. The molecule has 0 spiro atoms. The van der Waals surface area contributed by atoms with Crippen LogP contribution in [0.4, 0.5) is 0 Å². The van der Waals surface area contributed by atoms with Gasteiger partial charge in [0.2, 0.25) is 0 Å². The molecule has 0 heterocycles. The summed E-state index contributed by atoms with van der Waals surface area (Å²) in [5.74, 6) is -0.0308. The first-order chi connectivity index (χ1) is 6.79. The Morgan fingerprint density at radius 3 is 1.94 bits per heavy atom. The van der Waals surface area contributed by atoms with E-state index in [1.807, 2.05) is 0 Å². The molecule has 0 saturated heterocycles. The van der Waals surface area contributed by atoms with Crippen LogP contribution >= 0.6 is 15.6 Å². The van der Waals surface area contributed by atoms with E-state index in [2.05, 4.69) is 8.83 Å². The predicted molar refractivity (Wildman–Crippen MR) is 53.6 cm³/mol. The van der Waals surface area contributed by atoms with Crippen molar-refractivity contribution >= 4 is 15.6 Å². The first-order valence-corrected chi connectivity index (χ1v) is 6.65. The van der Waals surface area contributed by atoms with Crippen molar-refractivity contribution in [3.8, 4) is 5.75 Å². The quantitative estimate of drug-likeness (QED) is 0.674. The molecule has 0 fully saturated rings. The number of benzene rings is 1. The molecule has 1 unspecified atom stereocenters. The van der Waals surface area contributed by atoms with Gasteiger partial charge in [0.15, 0.2) is 0 Å². The fourth-order valence-corrected chi connectivity index (χ4v) is 2.36. The fourth-order valence-electron chi connectivity index (χ4n) is 0.766. The van der Waals surface area contributed by atoms with Crippen molar-refractivity contribution < 1.29 is 38.1 Å². The number of para-hydroxylation sites is 1. The summed E-state index contributed by atoms with van der Waals surface area (Å²) in [4.78, 5) is 25.5. The van der Waals surface area contributed by atoms with Gasteiger partial charge in [0.1, 0.15) is 5.75 Å². The molecule has 1 aromatic rings. The van der Waals surface area contributed by atoms with E-state index >= 15 is 0 Å². The minimum absolute atomic E-state index is 0. The summed E-state index contributed by atoms with van der Waals surface area (Å²) in [5.41, 5.74) is 0. The zero-order valence-electron chi connectivity index (χ0n) is 7.76. The monoisotopic (exact) mass is 272 g/mol. The highest BCUT2D eigenvalue weighted by molar-refractivity contribution is 7.60. The van der Waals surface area contributed by atoms with Crippen molar-refractivity contribution in [3.63, 3.8) is 0 Å². The van der Waals surface area contributed by atoms with Gasteiger partial charge in [-0.15, -0.1) is 0 Å². The highest BCUT2D eigenvalue weighted by Crippen LogP contribution is 2.57. The van der Waals surface area contributed by atoms with Crippen LogP contribution in [-0.4, -0.2) is 20.2 Å². The Labute approximate surface area is 90.6 Å². The molecule has 5 N–H and O–H groups in total. The summed E-state index contributed by atoms with van der Waals surface area (Å²) in [6.45, 7) is 0. The molecule has 1 rings (SSSR count). The third-order valence-corrected chi connectivity index (χ3v) is 3.29. The zero-order chi connectivity index (χ0) is 11.5. The lowest BCUT2D eigenvalue weighted by Crippen LogP contribution is -1.95. The second kappa shape index (κ2) is 5.56. The Balaban J connectivity index is 0.00000225. The van der Waals surface area contributed by atoms with E-state index < -0.39 is 15.6 Å². The molecule has 10 heteroatoms. The smallest absolute Gasteiger partial charge is 0.412 e. The molecule has 0 radical (unpaired) electrons. The lowest BCUT2D eigenvalue weighted by Gasteiger charge is -2.12. The Hall–Kier alpha value is -0.720. The van der Waals surface area contributed by atoms with Crippen LogP contribution in [0.15, 0.2) is 30.3 Å². The topological polar surface area (TPSA) is 145 Å². The molecular formula is C6H10O8P2. The minimum Gasteiger partial charge on any atom is -0.412 e. The van der Waals surface area contributed by atoms with Gasteiger partial charge in [-0.05, 0) is 12.1 Å². The first kappa shape index (κ1) is 15.3. The molecule has 16 heavy (non-hydrogen) atoms. The number of rotatable bonds is 4. The van der Waals surface area contributed by atoms with Crippen molar-refractivity contribution in [3.05, 3.63) is 30.3 Å². The Morgan fingerprint density at radius 2 is 1.50 bits per heavy atom. The van der Waals surface area contributed by atoms with Crippen LogP contribution in [0.25, 0.3) is 0 Å². The number of phosphoric ester groups is 1. The first-order valence-electron chi connectivity index (χ1n) is 3.63. The van der Waals surface area contributed by atoms with Crippen LogP contribution in [0.3, 0.4) is 0 Å². The lowest BCUT2D eigenvalue weighted by molar-refractivity contribution is 0.229. The fraction of sp³-hybridized carbons (Fsp3) is 0. The average molecular weight is 272 g/mol. The van der Waals surface area contributed by atoms with Gasteiger partial charge in [0, 0.05) is 0 Å². The largest absolute Gasteiger partial charge is 0.536 e. The summed E-state index contributed by atoms with van der Waals surface area (Å²) in [6.07, 6.45) is 0. The van der Waals surface area contributed by atoms with Gasteiger partial charge in [-0.3, -0.25) is 4.89 Å². The molecule has 0 amide bonds. The Bertz CT molecular complexity index is 412. The van der Waals surface area contributed by atoms with E-state index in [9.17, 15) is 9.13 Å². The van der Waals surface area contributed by atoms with Crippen LogP contribution in [-0.2, 0) is 13.4 Å². The third kappa shape index (κ3) is 5.99. The molecule has 8 nitrogen and oxygen atoms in total. The molecule has 92 valence electrons. The van der Waals surface area contributed by atoms with Crippen molar-refractivity contribution in [1.29, 1.82) is 0 Å². The molecule has 0 bridgehead atoms. The zero-order valence-corrected chi connectivity index (χ0v) is 9.54. The summed E-state index contributed by atoms with van der Waals surface area (Å²) < 4.78 is 29.3. The molecular weight excluding hydrogens is 262 g/mol. The average Bonchev–Trinajstić information content (AvgIpc) is 1.99. The van der Waals surface area contributed by atoms with Crippen LogP contribution in [0.2, 0.25) is 0 Å². The summed E-state index contributed by atoms with van der Waals surface area (Å²) in [6, 6.07) is 7.36. The van der Waals surface area contributed by atoms with Crippen molar-refractivity contribution in [2.75, 3.05) is 0 Å². The number of hydrogen-bond donors (Lipinski definition) is 3. The van der Waals surface area contributed by atoms with E-state index in [4.69, 9.17) is 14.7 Å². The van der Waals surface area contributed by atoms with Crippen molar-refractivity contribution in [1.82, 2.24) is 0 Å². The van der Waals surface area contributed by atoms with E-state index in [0.717, 1.165) is 0 Å². The van der Waals surface area contributed by atoms with E-state index in [1.54, 1.807) is 6.07 Å². The summed E-state index contributed by atoms with van der Waals surface area (Å²) in [7, 11) is -9.86. The van der Waals surface area contributed by atoms with E-state index in [0.29, 0.717) is 0 Å². The number of hydrogen-bond acceptors (Lipinski definition) is 4. The molecule has 1 aromatic carbocycles. The second-order valence-electron chi connectivity index (χ2n) is 2.45. The molecule has 0 aromatic heterocycles. The van der Waals surface area contributed by atoms with Gasteiger partial charge in [0.05, 0.1) is 0 Å².